The van der Waals surface area contributed by atoms with E-state index >= 15 is 0 Å². The van der Waals surface area contributed by atoms with E-state index in [1.165, 1.54) is 6.21 Å². The molecule has 2 aromatic rings. The highest BCUT2D eigenvalue weighted by atomic mass is 16.3. The molecule has 0 aromatic heterocycles. The Morgan fingerprint density at radius 2 is 1.50 bits per heavy atom. The third-order valence-electron chi connectivity index (χ3n) is 2.87. The first kappa shape index (κ1) is 13.8. The van der Waals surface area contributed by atoms with Crippen LogP contribution in [0.3, 0.4) is 0 Å². The number of hydrogen-bond donors (Lipinski definition) is 3. The van der Waals surface area contributed by atoms with Crippen LogP contribution in [0.15, 0.2) is 53.5 Å². The van der Waals surface area contributed by atoms with Gasteiger partial charge in [0.1, 0.15) is 11.5 Å². The molecule has 0 aliphatic heterocycles. The van der Waals surface area contributed by atoms with Crippen molar-refractivity contribution in [2.45, 2.75) is 13.0 Å². The molecule has 0 fully saturated rings. The minimum absolute atomic E-state index is 0.186. The van der Waals surface area contributed by atoms with Crippen molar-refractivity contribution >= 4 is 11.9 Å². The van der Waals surface area contributed by atoms with E-state index in [1.54, 1.807) is 36.4 Å². The first-order chi connectivity index (χ1) is 9.66. The van der Waals surface area contributed by atoms with Crippen LogP contribution in [-0.4, -0.2) is 22.1 Å². The molecular weight excluding hydrogens is 252 g/mol. The number of benzene rings is 2. The summed E-state index contributed by atoms with van der Waals surface area (Å²) in [4.78, 5) is 4.14. The van der Waals surface area contributed by atoms with Gasteiger partial charge in [-0.15, -0.1) is 0 Å². The first-order valence-corrected chi connectivity index (χ1v) is 6.28. The molecule has 2 rings (SSSR count). The summed E-state index contributed by atoms with van der Waals surface area (Å²) in [6.07, 6.45) is 1.79. The summed E-state index contributed by atoms with van der Waals surface area (Å²) >= 11 is 0. The van der Waals surface area contributed by atoms with Gasteiger partial charge in [0.25, 0.3) is 0 Å². The van der Waals surface area contributed by atoms with Gasteiger partial charge in [-0.1, -0.05) is 36.4 Å². The maximum absolute atomic E-state index is 9.62. The third kappa shape index (κ3) is 3.68. The quantitative estimate of drug-likeness (QED) is 0.729. The van der Waals surface area contributed by atoms with E-state index in [-0.39, 0.29) is 11.5 Å². The minimum Gasteiger partial charge on any atom is -0.508 e. The van der Waals surface area contributed by atoms with Gasteiger partial charge in [-0.2, -0.15) is 0 Å². The standard InChI is InChI=1S/C16H16N2O2/c17-14(9-12-5-1-3-7-15(12)19)11-18-10-13-6-2-4-8-16(13)20/h1-8,11,17,19-20H,9-10H2. The maximum atomic E-state index is 9.62. The second-order valence-corrected chi connectivity index (χ2v) is 4.43. The molecule has 4 heteroatoms. The van der Waals surface area contributed by atoms with Crippen LogP contribution < -0.4 is 0 Å². The highest BCUT2D eigenvalue weighted by molar-refractivity contribution is 6.29. The summed E-state index contributed by atoms with van der Waals surface area (Å²) in [7, 11) is 0. The summed E-state index contributed by atoms with van der Waals surface area (Å²) in [6, 6.07) is 13.9. The Bertz CT molecular complexity index is 636. The minimum atomic E-state index is 0.186. The predicted octanol–water partition coefficient (Wildman–Crippen LogP) is 2.93. The number of phenolic OH excluding ortho intramolecular Hbond substituents is 2. The summed E-state index contributed by atoms with van der Waals surface area (Å²) in [5.41, 5.74) is 1.73. The lowest BCUT2D eigenvalue weighted by atomic mass is 10.1. The molecular formula is C16H16N2O2. The van der Waals surface area contributed by atoms with Gasteiger partial charge in [-0.3, -0.25) is 4.99 Å². The lowest BCUT2D eigenvalue weighted by Crippen LogP contribution is -2.03. The summed E-state index contributed by atoms with van der Waals surface area (Å²) < 4.78 is 0. The molecule has 0 radical (unpaired) electrons. The van der Waals surface area contributed by atoms with E-state index in [0.717, 1.165) is 5.56 Å². The molecule has 0 amide bonds. The molecule has 0 aliphatic carbocycles. The van der Waals surface area contributed by atoms with Crippen LogP contribution in [0.5, 0.6) is 11.5 Å². The Morgan fingerprint density at radius 3 is 2.10 bits per heavy atom. The van der Waals surface area contributed by atoms with Crippen molar-refractivity contribution in [1.82, 2.24) is 0 Å². The van der Waals surface area contributed by atoms with Crippen LogP contribution >= 0.6 is 0 Å². The molecule has 0 saturated heterocycles. The SMILES string of the molecule is N=C(C=NCc1ccccc1O)Cc1ccccc1O. The first-order valence-electron chi connectivity index (χ1n) is 6.28. The summed E-state index contributed by atoms with van der Waals surface area (Å²) in [5.74, 6) is 0.392. The molecule has 102 valence electrons. The second-order valence-electron chi connectivity index (χ2n) is 4.43. The largest absolute Gasteiger partial charge is 0.508 e. The Balaban J connectivity index is 1.94. The van der Waals surface area contributed by atoms with Gasteiger partial charge >= 0.3 is 0 Å². The van der Waals surface area contributed by atoms with Crippen molar-refractivity contribution in [3.8, 4) is 11.5 Å². The Hall–Kier alpha value is -2.62. The van der Waals surface area contributed by atoms with Crippen molar-refractivity contribution in [1.29, 1.82) is 5.41 Å². The van der Waals surface area contributed by atoms with E-state index in [2.05, 4.69) is 4.99 Å². The average molecular weight is 268 g/mol. The van der Waals surface area contributed by atoms with E-state index < -0.39 is 0 Å². The van der Waals surface area contributed by atoms with Crippen molar-refractivity contribution in [2.24, 2.45) is 4.99 Å². The number of nitrogens with one attached hydrogen (secondary N) is 1. The Kier molecular flexibility index (Phi) is 4.50. The lowest BCUT2D eigenvalue weighted by Gasteiger charge is -2.03. The Labute approximate surface area is 117 Å². The van der Waals surface area contributed by atoms with Crippen LogP contribution in [0, 0.1) is 5.41 Å². The van der Waals surface area contributed by atoms with E-state index in [4.69, 9.17) is 5.41 Å². The van der Waals surface area contributed by atoms with E-state index in [0.29, 0.717) is 24.2 Å². The van der Waals surface area contributed by atoms with Gasteiger partial charge in [0.15, 0.2) is 0 Å². The van der Waals surface area contributed by atoms with Crippen LogP contribution in [0.25, 0.3) is 0 Å². The Morgan fingerprint density at radius 1 is 0.950 bits per heavy atom. The zero-order valence-corrected chi connectivity index (χ0v) is 11.0. The fourth-order valence-electron chi connectivity index (χ4n) is 1.81. The topological polar surface area (TPSA) is 76.7 Å². The molecule has 0 atom stereocenters. The second kappa shape index (κ2) is 6.52. The number of aliphatic imine (C=N–C) groups is 1. The van der Waals surface area contributed by atoms with Crippen molar-refractivity contribution in [3.63, 3.8) is 0 Å². The van der Waals surface area contributed by atoms with Gasteiger partial charge < -0.3 is 15.6 Å². The van der Waals surface area contributed by atoms with Gasteiger partial charge in [0.05, 0.1) is 12.3 Å². The molecule has 3 N–H and O–H groups in total. The number of phenols is 2. The van der Waals surface area contributed by atoms with E-state index in [1.807, 2.05) is 12.1 Å². The van der Waals surface area contributed by atoms with E-state index in [9.17, 15) is 10.2 Å². The predicted molar refractivity (Wildman–Crippen MR) is 79.8 cm³/mol. The molecule has 0 heterocycles. The molecule has 20 heavy (non-hydrogen) atoms. The summed E-state index contributed by atoms with van der Waals surface area (Å²) in [6.45, 7) is 0.329. The fourth-order valence-corrected chi connectivity index (χ4v) is 1.81. The van der Waals surface area contributed by atoms with Gasteiger partial charge in [0.2, 0.25) is 0 Å². The van der Waals surface area contributed by atoms with Crippen LogP contribution in [-0.2, 0) is 13.0 Å². The molecule has 2 aromatic carbocycles. The van der Waals surface area contributed by atoms with Crippen molar-refractivity contribution < 1.29 is 10.2 Å². The van der Waals surface area contributed by atoms with Crippen molar-refractivity contribution in [3.05, 3.63) is 59.7 Å². The van der Waals surface area contributed by atoms with Gasteiger partial charge in [-0.25, -0.2) is 0 Å². The van der Waals surface area contributed by atoms with Crippen LogP contribution in [0.1, 0.15) is 11.1 Å². The highest BCUT2D eigenvalue weighted by Gasteiger charge is 2.02. The number of para-hydroxylation sites is 2. The average Bonchev–Trinajstić information content (AvgIpc) is 2.43. The number of nitrogens with zero attached hydrogens (tertiary/aromatic N) is 1. The molecule has 0 bridgehead atoms. The number of rotatable bonds is 5. The number of aromatic hydroxyl groups is 2. The smallest absolute Gasteiger partial charge is 0.120 e. The summed E-state index contributed by atoms with van der Waals surface area (Å²) in [5, 5.41) is 27.0. The van der Waals surface area contributed by atoms with Crippen LogP contribution in [0.4, 0.5) is 0 Å². The highest BCUT2D eigenvalue weighted by Crippen LogP contribution is 2.17. The maximum Gasteiger partial charge on any atom is 0.120 e. The van der Waals surface area contributed by atoms with Gasteiger partial charge in [0, 0.05) is 18.2 Å². The van der Waals surface area contributed by atoms with Crippen molar-refractivity contribution in [2.75, 3.05) is 0 Å². The molecule has 0 saturated carbocycles. The molecule has 0 unspecified atom stereocenters. The number of hydrogen-bond acceptors (Lipinski definition) is 4. The van der Waals surface area contributed by atoms with Gasteiger partial charge in [-0.05, 0) is 17.7 Å². The normalized spacial score (nSPS) is 10.8. The third-order valence-corrected chi connectivity index (χ3v) is 2.87. The zero-order valence-electron chi connectivity index (χ0n) is 11.0. The molecule has 0 aliphatic rings. The monoisotopic (exact) mass is 268 g/mol. The zero-order chi connectivity index (χ0) is 14.4. The molecule has 4 nitrogen and oxygen atoms in total. The molecule has 0 spiro atoms. The fraction of sp³-hybridized carbons (Fsp3) is 0.125. The van der Waals surface area contributed by atoms with Crippen LogP contribution in [0.2, 0.25) is 0 Å². The lowest BCUT2D eigenvalue weighted by molar-refractivity contribution is 0.468.